The Morgan fingerprint density at radius 3 is 2.53 bits per heavy atom. The Balaban J connectivity index is 1.67. The molecule has 0 spiro atoms. The zero-order valence-corrected chi connectivity index (χ0v) is 23.1. The number of amides is 2. The maximum Gasteiger partial charge on any atom is 0.337 e. The molecule has 1 aliphatic rings. The van der Waals surface area contributed by atoms with Crippen LogP contribution in [0.25, 0.3) is 0 Å². The van der Waals surface area contributed by atoms with E-state index in [0.29, 0.717) is 36.0 Å². The summed E-state index contributed by atoms with van der Waals surface area (Å²) >= 11 is 3.45. The lowest BCUT2D eigenvalue weighted by Gasteiger charge is -2.28. The average molecular weight is 591 g/mol. The van der Waals surface area contributed by atoms with Gasteiger partial charge in [-0.3, -0.25) is 5.43 Å². The monoisotopic (exact) mass is 590 g/mol. The summed E-state index contributed by atoms with van der Waals surface area (Å²) < 4.78 is 22.7. The molecule has 0 unspecified atom stereocenters. The second kappa shape index (κ2) is 13.7. The van der Waals surface area contributed by atoms with Crippen LogP contribution in [0.5, 0.6) is 17.2 Å². The second-order valence-electron chi connectivity index (χ2n) is 8.04. The van der Waals surface area contributed by atoms with Gasteiger partial charge in [-0.15, -0.1) is 0 Å². The quantitative estimate of drug-likeness (QED) is 0.128. The van der Waals surface area contributed by atoms with Crippen LogP contribution in [0.2, 0.25) is 0 Å². The number of methoxy groups -OCH3 is 1. The molecule has 3 rings (SSSR count). The van der Waals surface area contributed by atoms with Crippen LogP contribution in [0.4, 0.5) is 4.79 Å². The minimum atomic E-state index is -1.10. The number of aliphatic hydroxyl groups is 1. The van der Waals surface area contributed by atoms with Gasteiger partial charge in [0.2, 0.25) is 0 Å². The normalized spacial score (nSPS) is 15.9. The number of nitrogens with zero attached hydrogens (tertiary/aromatic N) is 1. The molecule has 1 aliphatic heterocycles. The number of aliphatic hydroxyl groups excluding tert-OH is 1. The molecule has 11 nitrogen and oxygen atoms in total. The van der Waals surface area contributed by atoms with Crippen molar-refractivity contribution in [3.63, 3.8) is 0 Å². The summed E-state index contributed by atoms with van der Waals surface area (Å²) in [6.07, 6.45) is 0.456. The number of halogens is 1. The first-order valence-electron chi connectivity index (χ1n) is 11.9. The van der Waals surface area contributed by atoms with Crippen molar-refractivity contribution in [1.82, 2.24) is 16.1 Å². The fourth-order valence-electron chi connectivity index (χ4n) is 3.69. The van der Waals surface area contributed by atoms with E-state index >= 15 is 0 Å². The first-order chi connectivity index (χ1) is 18.3. The van der Waals surface area contributed by atoms with Crippen molar-refractivity contribution >= 4 is 34.1 Å². The molecular formula is C26H31BrN4O7. The zero-order valence-electron chi connectivity index (χ0n) is 21.5. The minimum Gasteiger partial charge on any atom is -0.493 e. The molecule has 2 aromatic rings. The lowest BCUT2D eigenvalue weighted by Crippen LogP contribution is -2.45. The Kier molecular flexibility index (Phi) is 10.4. The van der Waals surface area contributed by atoms with Crippen molar-refractivity contribution in [3.05, 3.63) is 63.3 Å². The van der Waals surface area contributed by atoms with E-state index in [9.17, 15) is 14.7 Å². The van der Waals surface area contributed by atoms with Crippen molar-refractivity contribution in [2.45, 2.75) is 33.0 Å². The molecule has 4 N–H and O–H groups in total. The molecule has 0 saturated carbocycles. The van der Waals surface area contributed by atoms with E-state index in [1.54, 1.807) is 31.3 Å². The SMILES string of the molecule is CCOc1ccc(/C=N\N[C@@H](O)COc2ccc([C@H]3NC(=O)NC(C)=C3C(=O)OC)cc2OCC)cc1Br. The molecule has 2 atom stereocenters. The van der Waals surface area contributed by atoms with Gasteiger partial charge in [0.15, 0.2) is 17.7 Å². The molecule has 1 heterocycles. The molecule has 0 radical (unpaired) electrons. The third-order valence-electron chi connectivity index (χ3n) is 5.37. The van der Waals surface area contributed by atoms with Gasteiger partial charge in [-0.05, 0) is 78.2 Å². The fourth-order valence-corrected chi connectivity index (χ4v) is 4.20. The van der Waals surface area contributed by atoms with Crippen LogP contribution in [-0.2, 0) is 9.53 Å². The van der Waals surface area contributed by atoms with E-state index in [1.807, 2.05) is 32.0 Å². The number of hydrogen-bond acceptors (Lipinski definition) is 9. The predicted octanol–water partition coefficient (Wildman–Crippen LogP) is 3.37. The summed E-state index contributed by atoms with van der Waals surface area (Å²) in [5.74, 6) is 0.925. The fraction of sp³-hybridized carbons (Fsp3) is 0.346. The van der Waals surface area contributed by atoms with E-state index < -0.39 is 24.3 Å². The molecular weight excluding hydrogens is 560 g/mol. The predicted molar refractivity (Wildman–Crippen MR) is 144 cm³/mol. The largest absolute Gasteiger partial charge is 0.493 e. The summed E-state index contributed by atoms with van der Waals surface area (Å²) in [5.41, 5.74) is 4.69. The zero-order chi connectivity index (χ0) is 27.7. The van der Waals surface area contributed by atoms with Crippen LogP contribution in [0.3, 0.4) is 0 Å². The lowest BCUT2D eigenvalue weighted by atomic mass is 9.95. The van der Waals surface area contributed by atoms with E-state index in [1.165, 1.54) is 7.11 Å². The summed E-state index contributed by atoms with van der Waals surface area (Å²) in [7, 11) is 1.28. The highest BCUT2D eigenvalue weighted by Gasteiger charge is 2.32. The Bertz CT molecular complexity index is 1220. The average Bonchev–Trinajstić information content (AvgIpc) is 2.89. The number of carbonyl (C=O) groups is 2. The topological polar surface area (TPSA) is 140 Å². The molecule has 0 saturated heterocycles. The van der Waals surface area contributed by atoms with Gasteiger partial charge in [0.05, 0.1) is 42.6 Å². The number of rotatable bonds is 12. The minimum absolute atomic E-state index is 0.125. The third-order valence-corrected chi connectivity index (χ3v) is 5.98. The van der Waals surface area contributed by atoms with Crippen molar-refractivity contribution in [1.29, 1.82) is 0 Å². The number of esters is 1. The lowest BCUT2D eigenvalue weighted by molar-refractivity contribution is -0.136. The smallest absolute Gasteiger partial charge is 0.337 e. The number of hydrogen-bond donors (Lipinski definition) is 4. The van der Waals surface area contributed by atoms with Crippen LogP contribution in [0.1, 0.15) is 37.9 Å². The number of hydrazone groups is 1. The van der Waals surface area contributed by atoms with Gasteiger partial charge in [-0.1, -0.05) is 6.07 Å². The van der Waals surface area contributed by atoms with E-state index in [-0.39, 0.29) is 12.2 Å². The Hall–Kier alpha value is -3.77. The number of urea groups is 1. The summed E-state index contributed by atoms with van der Waals surface area (Å²) in [6.45, 7) is 6.14. The first-order valence-corrected chi connectivity index (χ1v) is 12.7. The highest BCUT2D eigenvalue weighted by molar-refractivity contribution is 9.10. The molecule has 2 aromatic carbocycles. The Morgan fingerprint density at radius 1 is 1.13 bits per heavy atom. The Labute approximate surface area is 229 Å². The van der Waals surface area contributed by atoms with E-state index in [2.05, 4.69) is 37.1 Å². The van der Waals surface area contributed by atoms with Crippen LogP contribution in [-0.4, -0.2) is 56.5 Å². The molecule has 0 aromatic heterocycles. The van der Waals surface area contributed by atoms with Crippen molar-refractivity contribution < 1.29 is 33.6 Å². The van der Waals surface area contributed by atoms with E-state index in [0.717, 1.165) is 15.8 Å². The Morgan fingerprint density at radius 2 is 1.84 bits per heavy atom. The number of ether oxygens (including phenoxy) is 4. The molecule has 204 valence electrons. The van der Waals surface area contributed by atoms with Gasteiger partial charge < -0.3 is 34.7 Å². The van der Waals surface area contributed by atoms with Gasteiger partial charge in [0.1, 0.15) is 12.4 Å². The summed E-state index contributed by atoms with van der Waals surface area (Å²) in [6, 6.07) is 9.35. The third kappa shape index (κ3) is 7.39. The van der Waals surface area contributed by atoms with Gasteiger partial charge in [-0.2, -0.15) is 5.10 Å². The highest BCUT2D eigenvalue weighted by atomic mass is 79.9. The molecule has 2 amide bonds. The van der Waals surface area contributed by atoms with Crippen LogP contribution in [0, 0.1) is 0 Å². The first kappa shape index (κ1) is 28.8. The standard InChI is InChI=1S/C26H31BrN4O7/c1-5-36-19-9-7-16(11-18(19)27)13-28-31-22(32)14-38-20-10-8-17(12-21(20)37-6-2)24-23(25(33)35-4)15(3)29-26(34)30-24/h7-13,22,24,31-32H,5-6,14H2,1-4H3,(H2,29,30,34)/b28-13-/t22-,24+/m0/s1. The van der Waals surface area contributed by atoms with Gasteiger partial charge in [0.25, 0.3) is 0 Å². The van der Waals surface area contributed by atoms with Crippen LogP contribution in [0.15, 0.2) is 57.2 Å². The molecule has 12 heteroatoms. The summed E-state index contributed by atoms with van der Waals surface area (Å²) in [4.78, 5) is 24.5. The van der Waals surface area contributed by atoms with Gasteiger partial charge in [-0.25, -0.2) is 9.59 Å². The highest BCUT2D eigenvalue weighted by Crippen LogP contribution is 2.35. The number of carbonyl (C=O) groups excluding carboxylic acids is 2. The summed E-state index contributed by atoms with van der Waals surface area (Å²) in [5, 5.41) is 19.7. The maximum absolute atomic E-state index is 12.4. The van der Waals surface area contributed by atoms with Crippen molar-refractivity contribution in [2.24, 2.45) is 5.10 Å². The van der Waals surface area contributed by atoms with Crippen LogP contribution >= 0.6 is 15.9 Å². The van der Waals surface area contributed by atoms with E-state index in [4.69, 9.17) is 18.9 Å². The van der Waals surface area contributed by atoms with Gasteiger partial charge in [0, 0.05) is 5.70 Å². The molecule has 0 bridgehead atoms. The van der Waals surface area contributed by atoms with Gasteiger partial charge >= 0.3 is 12.0 Å². The number of benzene rings is 2. The van der Waals surface area contributed by atoms with Crippen LogP contribution < -0.4 is 30.3 Å². The maximum atomic E-state index is 12.4. The molecule has 38 heavy (non-hydrogen) atoms. The number of nitrogens with one attached hydrogen (secondary N) is 3. The molecule has 0 fully saturated rings. The van der Waals surface area contributed by atoms with Crippen molar-refractivity contribution in [2.75, 3.05) is 26.9 Å². The second-order valence-corrected chi connectivity index (χ2v) is 8.89. The van der Waals surface area contributed by atoms with Crippen molar-refractivity contribution in [3.8, 4) is 17.2 Å². The number of allylic oxidation sites excluding steroid dienone is 1. The molecule has 0 aliphatic carbocycles.